The van der Waals surface area contributed by atoms with Gasteiger partial charge in [-0.15, -0.1) is 0 Å². The van der Waals surface area contributed by atoms with Crippen molar-refractivity contribution in [2.45, 2.75) is 53.4 Å². The smallest absolute Gasteiger partial charge is 0.0138 e. The minimum Gasteiger partial charge on any atom is -0.0766 e. The summed E-state index contributed by atoms with van der Waals surface area (Å²) in [4.78, 5) is 0. The standard InChI is InChI=1S/C15H24/c1-9(2)13-12-7-8-15(12,4)11-6-5-10(3)14(11)13/h10-12,14H,5-8H2,1-4H3/t10-,11+,12+,14-,15-/m0/s1. The Bertz CT molecular complexity index is 321. The molecule has 0 aromatic carbocycles. The molecule has 0 nitrogen and oxygen atoms in total. The highest BCUT2D eigenvalue weighted by atomic mass is 14.7. The van der Waals surface area contributed by atoms with Gasteiger partial charge in [0.05, 0.1) is 0 Å². The van der Waals surface area contributed by atoms with E-state index in [0.29, 0.717) is 5.41 Å². The Labute approximate surface area is 94.1 Å². The second kappa shape index (κ2) is 2.90. The van der Waals surface area contributed by atoms with E-state index < -0.39 is 0 Å². The third-order valence-electron chi connectivity index (χ3n) is 5.91. The van der Waals surface area contributed by atoms with Crippen LogP contribution in [0.25, 0.3) is 0 Å². The first kappa shape index (κ1) is 9.93. The SMILES string of the molecule is CC(C)=C1[C@@H]2[C@@H](CC[C@@H]2C)[C@]2(C)CC[C@H]12. The second-order valence-corrected chi connectivity index (χ2v) is 6.74. The summed E-state index contributed by atoms with van der Waals surface area (Å²) in [6.45, 7) is 9.76. The molecule has 0 aromatic heterocycles. The van der Waals surface area contributed by atoms with Crippen LogP contribution in [0.3, 0.4) is 0 Å². The summed E-state index contributed by atoms with van der Waals surface area (Å²) in [5.41, 5.74) is 4.24. The lowest BCUT2D eigenvalue weighted by Crippen LogP contribution is -2.38. The average Bonchev–Trinajstić information content (AvgIpc) is 2.59. The third kappa shape index (κ3) is 1.04. The highest BCUT2D eigenvalue weighted by molar-refractivity contribution is 5.32. The largest absolute Gasteiger partial charge is 0.0766 e. The molecule has 0 N–H and O–H groups in total. The molecule has 3 aliphatic rings. The zero-order valence-corrected chi connectivity index (χ0v) is 10.6. The quantitative estimate of drug-likeness (QED) is 0.513. The van der Waals surface area contributed by atoms with Gasteiger partial charge in [-0.05, 0) is 68.6 Å². The van der Waals surface area contributed by atoms with Crippen LogP contribution in [0.4, 0.5) is 0 Å². The van der Waals surface area contributed by atoms with Crippen LogP contribution in [-0.2, 0) is 0 Å². The molecule has 15 heavy (non-hydrogen) atoms. The van der Waals surface area contributed by atoms with Crippen molar-refractivity contribution < 1.29 is 0 Å². The Morgan fingerprint density at radius 3 is 2.47 bits per heavy atom. The summed E-state index contributed by atoms with van der Waals surface area (Å²) in [5, 5.41) is 0. The van der Waals surface area contributed by atoms with Gasteiger partial charge in [-0.3, -0.25) is 0 Å². The van der Waals surface area contributed by atoms with Gasteiger partial charge in [0.15, 0.2) is 0 Å². The highest BCUT2D eigenvalue weighted by Gasteiger charge is 2.61. The van der Waals surface area contributed by atoms with Crippen molar-refractivity contribution in [2.24, 2.45) is 29.1 Å². The van der Waals surface area contributed by atoms with Crippen molar-refractivity contribution in [1.29, 1.82) is 0 Å². The Balaban J connectivity index is 2.07. The first-order valence-corrected chi connectivity index (χ1v) is 6.73. The van der Waals surface area contributed by atoms with E-state index in [0.717, 1.165) is 23.7 Å². The Morgan fingerprint density at radius 2 is 1.93 bits per heavy atom. The van der Waals surface area contributed by atoms with Crippen molar-refractivity contribution in [3.8, 4) is 0 Å². The van der Waals surface area contributed by atoms with Gasteiger partial charge < -0.3 is 0 Å². The van der Waals surface area contributed by atoms with Crippen molar-refractivity contribution in [3.05, 3.63) is 11.1 Å². The van der Waals surface area contributed by atoms with Gasteiger partial charge in [-0.25, -0.2) is 0 Å². The molecule has 0 heteroatoms. The molecule has 0 spiro atoms. The molecule has 3 aliphatic carbocycles. The molecule has 0 radical (unpaired) electrons. The predicted octanol–water partition coefficient (Wildman–Crippen LogP) is 4.42. The normalized spacial score (nSPS) is 52.4. The molecule has 0 aromatic rings. The van der Waals surface area contributed by atoms with Gasteiger partial charge in [-0.2, -0.15) is 0 Å². The fourth-order valence-corrected chi connectivity index (χ4v) is 5.07. The van der Waals surface area contributed by atoms with Crippen LogP contribution >= 0.6 is 0 Å². The van der Waals surface area contributed by atoms with E-state index in [1.807, 2.05) is 5.57 Å². The summed E-state index contributed by atoms with van der Waals surface area (Å²) in [7, 11) is 0. The monoisotopic (exact) mass is 204 g/mol. The molecule has 0 saturated heterocycles. The zero-order valence-electron chi connectivity index (χ0n) is 10.6. The maximum Gasteiger partial charge on any atom is -0.0138 e. The van der Waals surface area contributed by atoms with E-state index in [-0.39, 0.29) is 0 Å². The minimum absolute atomic E-state index is 0.710. The van der Waals surface area contributed by atoms with E-state index in [4.69, 9.17) is 0 Å². The summed E-state index contributed by atoms with van der Waals surface area (Å²) < 4.78 is 0. The Hall–Kier alpha value is -0.260. The number of allylic oxidation sites excluding steroid dienone is 2. The molecule has 5 atom stereocenters. The molecule has 84 valence electrons. The van der Waals surface area contributed by atoms with Crippen LogP contribution < -0.4 is 0 Å². The minimum atomic E-state index is 0.710. The van der Waals surface area contributed by atoms with Crippen molar-refractivity contribution in [2.75, 3.05) is 0 Å². The molecule has 0 aliphatic heterocycles. The molecule has 3 rings (SSSR count). The van der Waals surface area contributed by atoms with Gasteiger partial charge in [0.25, 0.3) is 0 Å². The van der Waals surface area contributed by atoms with E-state index in [2.05, 4.69) is 27.7 Å². The van der Waals surface area contributed by atoms with Gasteiger partial charge in [-0.1, -0.05) is 25.0 Å². The second-order valence-electron chi connectivity index (χ2n) is 6.74. The van der Waals surface area contributed by atoms with Crippen LogP contribution in [0.15, 0.2) is 11.1 Å². The molecule has 3 saturated carbocycles. The van der Waals surface area contributed by atoms with E-state index in [1.165, 1.54) is 25.7 Å². The fourth-order valence-electron chi connectivity index (χ4n) is 5.07. The molecule has 0 amide bonds. The van der Waals surface area contributed by atoms with Gasteiger partial charge in [0.2, 0.25) is 0 Å². The lowest BCUT2D eigenvalue weighted by Gasteiger charge is -2.46. The van der Waals surface area contributed by atoms with Crippen molar-refractivity contribution in [1.82, 2.24) is 0 Å². The maximum atomic E-state index is 2.58. The van der Waals surface area contributed by atoms with Crippen LogP contribution in [0.2, 0.25) is 0 Å². The summed E-state index contributed by atoms with van der Waals surface area (Å²) in [6, 6.07) is 0. The first-order valence-electron chi connectivity index (χ1n) is 6.73. The summed E-state index contributed by atoms with van der Waals surface area (Å²) in [5.74, 6) is 3.94. The van der Waals surface area contributed by atoms with Crippen molar-refractivity contribution >= 4 is 0 Å². The van der Waals surface area contributed by atoms with E-state index >= 15 is 0 Å². The number of hydrogen-bond donors (Lipinski definition) is 0. The molecular weight excluding hydrogens is 180 g/mol. The van der Waals surface area contributed by atoms with Gasteiger partial charge >= 0.3 is 0 Å². The molecule has 0 unspecified atom stereocenters. The number of fused-ring (bicyclic) bond motifs is 3. The summed E-state index contributed by atoms with van der Waals surface area (Å²) in [6.07, 6.45) is 5.98. The molecule has 3 fully saturated rings. The Morgan fingerprint density at radius 1 is 1.20 bits per heavy atom. The predicted molar refractivity (Wildman–Crippen MR) is 64.6 cm³/mol. The topological polar surface area (TPSA) is 0 Å². The van der Waals surface area contributed by atoms with Crippen LogP contribution in [-0.4, -0.2) is 0 Å². The Kier molecular flexibility index (Phi) is 1.92. The number of hydrogen-bond acceptors (Lipinski definition) is 0. The molecule has 0 bridgehead atoms. The van der Waals surface area contributed by atoms with Crippen LogP contribution in [0.1, 0.15) is 53.4 Å². The molecular formula is C15H24. The molecule has 0 heterocycles. The maximum absolute atomic E-state index is 2.58. The first-order chi connectivity index (χ1) is 7.05. The van der Waals surface area contributed by atoms with E-state index in [1.54, 1.807) is 5.57 Å². The highest BCUT2D eigenvalue weighted by Crippen LogP contribution is 2.70. The third-order valence-corrected chi connectivity index (χ3v) is 5.91. The lowest BCUT2D eigenvalue weighted by molar-refractivity contribution is 0.0474. The average molecular weight is 204 g/mol. The summed E-state index contributed by atoms with van der Waals surface area (Å²) >= 11 is 0. The fraction of sp³-hybridized carbons (Fsp3) is 0.867. The lowest BCUT2D eigenvalue weighted by atomic mass is 9.58. The van der Waals surface area contributed by atoms with Crippen LogP contribution in [0, 0.1) is 29.1 Å². The zero-order chi connectivity index (χ0) is 10.8. The van der Waals surface area contributed by atoms with Crippen molar-refractivity contribution in [3.63, 3.8) is 0 Å². The van der Waals surface area contributed by atoms with E-state index in [9.17, 15) is 0 Å². The number of rotatable bonds is 0. The van der Waals surface area contributed by atoms with Crippen LogP contribution in [0.5, 0.6) is 0 Å². The van der Waals surface area contributed by atoms with Gasteiger partial charge in [0, 0.05) is 0 Å². The van der Waals surface area contributed by atoms with Gasteiger partial charge in [0.1, 0.15) is 0 Å².